The van der Waals surface area contributed by atoms with E-state index in [0.29, 0.717) is 35.5 Å². The Balaban J connectivity index is 1.65. The number of aldehydes is 1. The fourth-order valence-corrected chi connectivity index (χ4v) is 4.53. The summed E-state index contributed by atoms with van der Waals surface area (Å²) in [6.45, 7) is 0.679. The van der Waals surface area contributed by atoms with Gasteiger partial charge in [0.1, 0.15) is 29.9 Å². The van der Waals surface area contributed by atoms with Crippen LogP contribution in [0.25, 0.3) is 0 Å². The summed E-state index contributed by atoms with van der Waals surface area (Å²) in [6.07, 6.45) is 4.50. The summed E-state index contributed by atoms with van der Waals surface area (Å²) < 4.78 is 21.1. The Kier molecular flexibility index (Phi) is 14.3. The second-order valence-electron chi connectivity index (χ2n) is 10.3. The highest BCUT2D eigenvalue weighted by Crippen LogP contribution is 2.23. The fourth-order valence-electron chi connectivity index (χ4n) is 4.53. The first kappa shape index (κ1) is 35.3. The summed E-state index contributed by atoms with van der Waals surface area (Å²) in [5.41, 5.74) is 8.25. The van der Waals surface area contributed by atoms with Crippen molar-refractivity contribution < 1.29 is 38.1 Å². The third kappa shape index (κ3) is 11.1. The van der Waals surface area contributed by atoms with E-state index < -0.39 is 24.0 Å². The summed E-state index contributed by atoms with van der Waals surface area (Å²) in [6, 6.07) is 19.6. The molecule has 11 heteroatoms. The summed E-state index contributed by atoms with van der Waals surface area (Å²) in [7, 11) is 4.32. The van der Waals surface area contributed by atoms with Gasteiger partial charge >= 0.3 is 5.97 Å². The Bertz CT molecular complexity index is 1460. The number of ether oxygens (including phenoxy) is 4. The van der Waals surface area contributed by atoms with Gasteiger partial charge in [-0.25, -0.2) is 4.79 Å². The quantitative estimate of drug-likeness (QED) is 0.122. The van der Waals surface area contributed by atoms with Crippen molar-refractivity contribution >= 4 is 24.1 Å². The van der Waals surface area contributed by atoms with Crippen LogP contribution in [0.2, 0.25) is 0 Å². The van der Waals surface area contributed by atoms with Gasteiger partial charge in [-0.3, -0.25) is 14.4 Å². The lowest BCUT2D eigenvalue weighted by molar-refractivity contribution is -0.145. The van der Waals surface area contributed by atoms with Crippen LogP contribution in [0.5, 0.6) is 17.2 Å². The van der Waals surface area contributed by atoms with E-state index in [1.807, 2.05) is 54.6 Å². The number of carbonyl (C=O) groups excluding carboxylic acids is 4. The van der Waals surface area contributed by atoms with Gasteiger partial charge in [-0.2, -0.15) is 0 Å². The van der Waals surface area contributed by atoms with E-state index in [-0.39, 0.29) is 38.4 Å². The molecular formula is C35H41N3O8. The van der Waals surface area contributed by atoms with E-state index in [0.717, 1.165) is 11.1 Å². The van der Waals surface area contributed by atoms with Gasteiger partial charge < -0.3 is 34.9 Å². The molecule has 0 saturated carbocycles. The lowest BCUT2D eigenvalue weighted by Gasteiger charge is -2.24. The number of benzene rings is 3. The van der Waals surface area contributed by atoms with Gasteiger partial charge in [0.05, 0.1) is 32.9 Å². The standard InChI is InChI=1S/C35H41N3O8/c1-43-28-14-11-26(12-15-28)23-38(19-7-8-20-46-32-22-29(44-2)16-13-27(32)24-39)33(40)18-17-31(35(42)45-3)37-34(41)30(36)21-25-9-5-4-6-10-25/h4-16,22,24,30-31H,17-21,23,36H2,1-3H3,(H,37,41). The minimum absolute atomic E-state index is 0.0194. The van der Waals surface area contributed by atoms with Gasteiger partial charge in [0.25, 0.3) is 0 Å². The number of carbonyl (C=O) groups is 4. The number of hydrogen-bond donors (Lipinski definition) is 2. The van der Waals surface area contributed by atoms with Crippen LogP contribution in [0.3, 0.4) is 0 Å². The predicted molar refractivity (Wildman–Crippen MR) is 173 cm³/mol. The lowest BCUT2D eigenvalue weighted by Crippen LogP contribution is -2.49. The number of rotatable bonds is 18. The van der Waals surface area contributed by atoms with Crippen molar-refractivity contribution in [1.29, 1.82) is 0 Å². The highest BCUT2D eigenvalue weighted by atomic mass is 16.5. The Labute approximate surface area is 269 Å². The van der Waals surface area contributed by atoms with Crippen molar-refractivity contribution in [2.75, 3.05) is 34.5 Å². The lowest BCUT2D eigenvalue weighted by atomic mass is 10.0. The van der Waals surface area contributed by atoms with E-state index in [2.05, 4.69) is 5.32 Å². The molecule has 0 spiro atoms. The van der Waals surface area contributed by atoms with Crippen molar-refractivity contribution in [3.05, 3.63) is 102 Å². The van der Waals surface area contributed by atoms with Crippen LogP contribution >= 0.6 is 0 Å². The zero-order valence-electron chi connectivity index (χ0n) is 26.3. The zero-order chi connectivity index (χ0) is 33.3. The third-order valence-corrected chi connectivity index (χ3v) is 7.14. The van der Waals surface area contributed by atoms with Crippen LogP contribution in [0.1, 0.15) is 34.3 Å². The summed E-state index contributed by atoms with van der Waals surface area (Å²) >= 11 is 0. The highest BCUT2D eigenvalue weighted by Gasteiger charge is 2.26. The molecule has 0 aromatic heterocycles. The van der Waals surface area contributed by atoms with Crippen LogP contribution in [0.15, 0.2) is 84.9 Å². The predicted octanol–water partition coefficient (Wildman–Crippen LogP) is 3.49. The molecule has 3 aromatic carbocycles. The number of nitrogens with zero attached hydrogens (tertiary/aromatic N) is 1. The van der Waals surface area contributed by atoms with E-state index in [1.165, 1.54) is 14.2 Å². The Morgan fingerprint density at radius 3 is 2.24 bits per heavy atom. The number of amides is 2. The van der Waals surface area contributed by atoms with Crippen molar-refractivity contribution in [2.24, 2.45) is 5.73 Å². The van der Waals surface area contributed by atoms with Gasteiger partial charge in [-0.05, 0) is 54.3 Å². The number of esters is 1. The molecule has 3 rings (SSSR count). The molecule has 0 fully saturated rings. The van der Waals surface area contributed by atoms with Gasteiger partial charge in [0, 0.05) is 25.6 Å². The topological polar surface area (TPSA) is 146 Å². The third-order valence-electron chi connectivity index (χ3n) is 7.14. The molecule has 0 heterocycles. The SMILES string of the molecule is COC(=O)C(CCC(=O)N(CC=CCOc1cc(OC)ccc1C=O)Cc1ccc(OC)cc1)NC(=O)C(N)Cc1ccccc1. The number of methoxy groups -OCH3 is 3. The molecule has 3 aromatic rings. The second-order valence-corrected chi connectivity index (χ2v) is 10.3. The largest absolute Gasteiger partial charge is 0.497 e. The molecule has 0 aliphatic rings. The van der Waals surface area contributed by atoms with Crippen LogP contribution < -0.4 is 25.3 Å². The molecule has 2 atom stereocenters. The highest BCUT2D eigenvalue weighted by molar-refractivity contribution is 5.88. The average Bonchev–Trinajstić information content (AvgIpc) is 3.09. The van der Waals surface area contributed by atoms with Crippen LogP contribution in [0.4, 0.5) is 0 Å². The first-order valence-electron chi connectivity index (χ1n) is 14.8. The summed E-state index contributed by atoms with van der Waals surface area (Å²) in [4.78, 5) is 51.9. The van der Waals surface area contributed by atoms with Gasteiger partial charge in [0.2, 0.25) is 11.8 Å². The molecule has 0 aliphatic carbocycles. The molecule has 3 N–H and O–H groups in total. The van der Waals surface area contributed by atoms with Crippen molar-refractivity contribution in [2.45, 2.75) is 37.9 Å². The first-order valence-corrected chi connectivity index (χ1v) is 14.8. The summed E-state index contributed by atoms with van der Waals surface area (Å²) in [5, 5.41) is 2.65. The monoisotopic (exact) mass is 631 g/mol. The molecule has 244 valence electrons. The average molecular weight is 632 g/mol. The van der Waals surface area contributed by atoms with Crippen LogP contribution in [-0.4, -0.2) is 75.5 Å². The first-order chi connectivity index (χ1) is 22.3. The minimum atomic E-state index is -1.05. The maximum absolute atomic E-state index is 13.5. The van der Waals surface area contributed by atoms with Crippen molar-refractivity contribution in [3.8, 4) is 17.2 Å². The zero-order valence-corrected chi connectivity index (χ0v) is 26.3. The fraction of sp³-hybridized carbons (Fsp3) is 0.314. The van der Waals surface area contributed by atoms with E-state index >= 15 is 0 Å². The maximum Gasteiger partial charge on any atom is 0.328 e. The van der Waals surface area contributed by atoms with Gasteiger partial charge in [0.15, 0.2) is 6.29 Å². The maximum atomic E-state index is 13.5. The second kappa shape index (κ2) is 18.6. The van der Waals surface area contributed by atoms with Crippen molar-refractivity contribution in [1.82, 2.24) is 10.2 Å². The summed E-state index contributed by atoms with van der Waals surface area (Å²) in [5.74, 6) is 0.199. The van der Waals surface area contributed by atoms with E-state index in [1.54, 1.807) is 42.4 Å². The van der Waals surface area contributed by atoms with Crippen LogP contribution in [0, 0.1) is 0 Å². The Hall–Kier alpha value is -5.16. The molecule has 0 saturated heterocycles. The smallest absolute Gasteiger partial charge is 0.328 e. The Morgan fingerprint density at radius 1 is 0.891 bits per heavy atom. The number of nitrogens with one attached hydrogen (secondary N) is 1. The van der Waals surface area contributed by atoms with E-state index in [4.69, 9.17) is 24.7 Å². The molecule has 2 unspecified atom stereocenters. The van der Waals surface area contributed by atoms with Gasteiger partial charge in [-0.1, -0.05) is 48.5 Å². The van der Waals surface area contributed by atoms with Crippen molar-refractivity contribution in [3.63, 3.8) is 0 Å². The van der Waals surface area contributed by atoms with Crippen LogP contribution in [-0.2, 0) is 32.1 Å². The molecular weight excluding hydrogens is 590 g/mol. The number of hydrogen-bond acceptors (Lipinski definition) is 9. The van der Waals surface area contributed by atoms with E-state index in [9.17, 15) is 19.2 Å². The number of nitrogens with two attached hydrogens (primary N) is 1. The molecule has 0 aliphatic heterocycles. The molecule has 0 bridgehead atoms. The minimum Gasteiger partial charge on any atom is -0.497 e. The molecule has 0 radical (unpaired) electrons. The molecule has 11 nitrogen and oxygen atoms in total. The molecule has 2 amide bonds. The normalized spacial score (nSPS) is 12.1. The van der Waals surface area contributed by atoms with Gasteiger partial charge in [-0.15, -0.1) is 0 Å². The molecule has 46 heavy (non-hydrogen) atoms. The Morgan fingerprint density at radius 2 is 1.59 bits per heavy atom.